The van der Waals surface area contributed by atoms with Crippen molar-refractivity contribution in [1.29, 1.82) is 0 Å². The van der Waals surface area contributed by atoms with Gasteiger partial charge in [-0.05, 0) is 44.9 Å². The number of aliphatic hydroxyl groups is 1. The van der Waals surface area contributed by atoms with Gasteiger partial charge in [-0.1, -0.05) is 51.2 Å². The molecule has 7 heteroatoms. The normalized spacial score (nSPS) is 29.7. The highest BCUT2D eigenvalue weighted by molar-refractivity contribution is 5.96. The maximum absolute atomic E-state index is 13.7. The molecule has 33 heavy (non-hydrogen) atoms. The molecule has 3 rings (SSSR count). The van der Waals surface area contributed by atoms with Crippen LogP contribution < -0.4 is 5.32 Å². The molecule has 0 bridgehead atoms. The van der Waals surface area contributed by atoms with Crippen LogP contribution in [0.2, 0.25) is 0 Å². The molecule has 3 aliphatic rings. The van der Waals surface area contributed by atoms with Crippen molar-refractivity contribution in [3.8, 4) is 0 Å². The van der Waals surface area contributed by atoms with Gasteiger partial charge in [-0.25, -0.2) is 0 Å². The Labute approximate surface area is 198 Å². The first kappa shape index (κ1) is 25.7. The second-order valence-corrected chi connectivity index (χ2v) is 9.80. The van der Waals surface area contributed by atoms with Crippen molar-refractivity contribution in [3.05, 3.63) is 12.2 Å². The molecule has 1 aliphatic heterocycles. The number of carbonyl (C=O) groups is 3. The standard InChI is InChI=1S/C26H42N2O5/c1-3-18-14-15-20-22(21(18)26(32)33-4-2)25(31)28(16-10-5-6-11-17-29)23(20)24(30)27-19-12-8-7-9-13-19/h14-15,18-23,29H,3-13,16-17H2,1-2H3,(H,27,30)/t18-,20+,21-,22-,23+/m1/s1. The Hall–Kier alpha value is -1.89. The molecule has 0 radical (unpaired) electrons. The summed E-state index contributed by atoms with van der Waals surface area (Å²) >= 11 is 0. The number of unbranched alkanes of at least 4 members (excludes halogenated alkanes) is 3. The van der Waals surface area contributed by atoms with Gasteiger partial charge in [0, 0.05) is 25.1 Å². The zero-order chi connectivity index (χ0) is 23.8. The van der Waals surface area contributed by atoms with Crippen LogP contribution >= 0.6 is 0 Å². The van der Waals surface area contributed by atoms with Gasteiger partial charge in [0.1, 0.15) is 6.04 Å². The van der Waals surface area contributed by atoms with E-state index in [2.05, 4.69) is 5.32 Å². The van der Waals surface area contributed by atoms with Gasteiger partial charge in [-0.3, -0.25) is 14.4 Å². The lowest BCUT2D eigenvalue weighted by Crippen LogP contribution is -2.50. The Kier molecular flexibility index (Phi) is 9.78. The summed E-state index contributed by atoms with van der Waals surface area (Å²) in [5.41, 5.74) is 0. The molecule has 5 atom stereocenters. The maximum atomic E-state index is 13.7. The Bertz CT molecular complexity index is 703. The third kappa shape index (κ3) is 5.97. The number of aliphatic hydroxyl groups excluding tert-OH is 1. The highest BCUT2D eigenvalue weighted by Crippen LogP contribution is 2.45. The molecular weight excluding hydrogens is 420 g/mol. The number of hydrogen-bond acceptors (Lipinski definition) is 5. The lowest BCUT2D eigenvalue weighted by molar-refractivity contribution is -0.155. The van der Waals surface area contributed by atoms with Crippen molar-refractivity contribution in [1.82, 2.24) is 10.2 Å². The number of allylic oxidation sites excluding steroid dienone is 1. The molecule has 0 spiro atoms. The topological polar surface area (TPSA) is 95.9 Å². The van der Waals surface area contributed by atoms with E-state index in [1.165, 1.54) is 6.42 Å². The van der Waals surface area contributed by atoms with Crippen LogP contribution in [0.3, 0.4) is 0 Å². The molecule has 0 aromatic rings. The number of nitrogens with one attached hydrogen (secondary N) is 1. The smallest absolute Gasteiger partial charge is 0.310 e. The molecule has 7 nitrogen and oxygen atoms in total. The first-order valence-corrected chi connectivity index (χ1v) is 13.1. The summed E-state index contributed by atoms with van der Waals surface area (Å²) in [5, 5.41) is 12.3. The average Bonchev–Trinajstić information content (AvgIpc) is 3.10. The molecule has 2 aliphatic carbocycles. The predicted molar refractivity (Wildman–Crippen MR) is 126 cm³/mol. The third-order valence-electron chi connectivity index (χ3n) is 7.67. The van der Waals surface area contributed by atoms with Crippen molar-refractivity contribution in [2.45, 2.75) is 90.1 Å². The van der Waals surface area contributed by atoms with Crippen molar-refractivity contribution in [2.75, 3.05) is 19.8 Å². The van der Waals surface area contributed by atoms with E-state index in [1.54, 1.807) is 11.8 Å². The molecule has 0 unspecified atom stereocenters. The van der Waals surface area contributed by atoms with Gasteiger partial charge < -0.3 is 20.1 Å². The fourth-order valence-corrected chi connectivity index (χ4v) is 5.97. The Balaban J connectivity index is 1.83. The van der Waals surface area contributed by atoms with Gasteiger partial charge in [0.2, 0.25) is 11.8 Å². The van der Waals surface area contributed by atoms with Gasteiger partial charge >= 0.3 is 5.97 Å². The lowest BCUT2D eigenvalue weighted by Gasteiger charge is -2.34. The van der Waals surface area contributed by atoms with E-state index in [-0.39, 0.29) is 48.9 Å². The molecule has 1 saturated carbocycles. The number of rotatable bonds is 11. The fourth-order valence-electron chi connectivity index (χ4n) is 5.97. The van der Waals surface area contributed by atoms with E-state index >= 15 is 0 Å². The van der Waals surface area contributed by atoms with E-state index in [4.69, 9.17) is 9.84 Å². The molecule has 2 fully saturated rings. The second kappa shape index (κ2) is 12.5. The first-order valence-electron chi connectivity index (χ1n) is 13.1. The van der Waals surface area contributed by atoms with E-state index in [0.717, 1.165) is 57.8 Å². The van der Waals surface area contributed by atoms with E-state index in [0.29, 0.717) is 6.54 Å². The van der Waals surface area contributed by atoms with Gasteiger partial charge in [0.05, 0.1) is 18.4 Å². The average molecular weight is 463 g/mol. The first-order chi connectivity index (χ1) is 16.0. The zero-order valence-corrected chi connectivity index (χ0v) is 20.3. The third-order valence-corrected chi connectivity index (χ3v) is 7.67. The number of amides is 2. The highest BCUT2D eigenvalue weighted by atomic mass is 16.5. The summed E-state index contributed by atoms with van der Waals surface area (Å²) in [6.45, 7) is 4.75. The van der Waals surface area contributed by atoms with Crippen molar-refractivity contribution in [3.63, 3.8) is 0 Å². The molecule has 0 aromatic carbocycles. The summed E-state index contributed by atoms with van der Waals surface area (Å²) in [4.78, 5) is 41.9. The lowest BCUT2D eigenvalue weighted by atomic mass is 9.69. The summed E-state index contributed by atoms with van der Waals surface area (Å²) in [6.07, 6.45) is 13.5. The minimum Gasteiger partial charge on any atom is -0.466 e. The molecule has 2 amide bonds. The van der Waals surface area contributed by atoms with Gasteiger partial charge in [-0.15, -0.1) is 0 Å². The summed E-state index contributed by atoms with van der Waals surface area (Å²) in [6, 6.07) is -0.406. The number of carbonyl (C=O) groups excluding carboxylic acids is 3. The predicted octanol–water partition coefficient (Wildman–Crippen LogP) is 3.21. The number of nitrogens with zero attached hydrogens (tertiary/aromatic N) is 1. The maximum Gasteiger partial charge on any atom is 0.310 e. The number of esters is 1. The number of hydrogen-bond donors (Lipinski definition) is 2. The molecule has 1 heterocycles. The monoisotopic (exact) mass is 462 g/mol. The van der Waals surface area contributed by atoms with E-state index in [1.807, 2.05) is 19.1 Å². The Morgan fingerprint density at radius 2 is 1.82 bits per heavy atom. The highest BCUT2D eigenvalue weighted by Gasteiger charge is 2.57. The Morgan fingerprint density at radius 3 is 2.48 bits per heavy atom. The van der Waals surface area contributed by atoms with Crippen LogP contribution in [0.5, 0.6) is 0 Å². The number of ether oxygens (including phenoxy) is 1. The van der Waals surface area contributed by atoms with Gasteiger partial charge in [0.25, 0.3) is 0 Å². The van der Waals surface area contributed by atoms with Crippen LogP contribution in [0.15, 0.2) is 12.2 Å². The van der Waals surface area contributed by atoms with Crippen LogP contribution in [0.4, 0.5) is 0 Å². The van der Waals surface area contributed by atoms with Crippen LogP contribution in [0, 0.1) is 23.7 Å². The molecular formula is C26H42N2O5. The minimum absolute atomic E-state index is 0.0548. The summed E-state index contributed by atoms with van der Waals surface area (Å²) < 4.78 is 5.38. The summed E-state index contributed by atoms with van der Waals surface area (Å²) in [5.74, 6) is -1.95. The molecule has 1 saturated heterocycles. The van der Waals surface area contributed by atoms with E-state index < -0.39 is 17.9 Å². The van der Waals surface area contributed by atoms with Crippen molar-refractivity contribution in [2.24, 2.45) is 23.7 Å². The molecule has 2 N–H and O–H groups in total. The second-order valence-electron chi connectivity index (χ2n) is 9.80. The minimum atomic E-state index is -0.576. The number of likely N-dealkylation sites (tertiary alicyclic amines) is 1. The van der Waals surface area contributed by atoms with Crippen molar-refractivity contribution >= 4 is 17.8 Å². The Morgan fingerprint density at radius 1 is 1.09 bits per heavy atom. The van der Waals surface area contributed by atoms with E-state index in [9.17, 15) is 14.4 Å². The fraction of sp³-hybridized carbons (Fsp3) is 0.808. The van der Waals surface area contributed by atoms with Crippen LogP contribution in [0.25, 0.3) is 0 Å². The van der Waals surface area contributed by atoms with Gasteiger partial charge in [0.15, 0.2) is 0 Å². The summed E-state index contributed by atoms with van der Waals surface area (Å²) in [7, 11) is 0. The SMILES string of the molecule is CCOC(=O)[C@H]1[C@@H]2C(=O)N(CCCCCCO)[C@H](C(=O)NC3CCCCC3)[C@H]2C=C[C@H]1CC. The molecule has 0 aromatic heterocycles. The quantitative estimate of drug-likeness (QED) is 0.279. The van der Waals surface area contributed by atoms with Crippen LogP contribution in [-0.2, 0) is 19.1 Å². The van der Waals surface area contributed by atoms with Crippen LogP contribution in [0.1, 0.15) is 78.1 Å². The zero-order valence-electron chi connectivity index (χ0n) is 20.3. The van der Waals surface area contributed by atoms with Crippen molar-refractivity contribution < 1.29 is 24.2 Å². The number of fused-ring (bicyclic) bond motifs is 1. The molecule has 186 valence electrons. The largest absolute Gasteiger partial charge is 0.466 e. The van der Waals surface area contributed by atoms with Crippen LogP contribution in [-0.4, -0.2) is 59.6 Å². The van der Waals surface area contributed by atoms with Gasteiger partial charge in [-0.2, -0.15) is 0 Å².